The highest BCUT2D eigenvalue weighted by Gasteiger charge is 2.10. The number of hydrogen-bond donors (Lipinski definition) is 2. The van der Waals surface area contributed by atoms with Crippen LogP contribution in [-0.2, 0) is 6.54 Å². The Kier molecular flexibility index (Phi) is 3.25. The maximum atomic E-state index is 6.06. The fraction of sp³-hybridized carbons (Fsp3) is 0.200. The summed E-state index contributed by atoms with van der Waals surface area (Å²) in [7, 11) is 0. The van der Waals surface area contributed by atoms with Crippen LogP contribution in [0.4, 0.5) is 11.4 Å². The summed E-state index contributed by atoms with van der Waals surface area (Å²) < 4.78 is 1.90. The first kappa shape index (κ1) is 12.5. The lowest BCUT2D eigenvalue weighted by Crippen LogP contribution is -2.23. The third kappa shape index (κ3) is 2.42. The first-order chi connectivity index (χ1) is 9.74. The first-order valence-corrected chi connectivity index (χ1v) is 6.61. The molecule has 3 rings (SSSR count). The molecule has 0 radical (unpaired) electrons. The lowest BCUT2D eigenvalue weighted by Gasteiger charge is -2.18. The molecule has 3 N–H and O–H groups in total. The lowest BCUT2D eigenvalue weighted by atomic mass is 10.1. The standard InChI is InChI=1S/C15H17N5/c1-11(10-20-8-4-7-18-20)19-15-12-5-2-3-6-14(12)17-9-13(15)16/h2-9,11H,10,16H2,1H3,(H,17,19). The minimum Gasteiger partial charge on any atom is -0.396 e. The Morgan fingerprint density at radius 1 is 1.30 bits per heavy atom. The zero-order valence-corrected chi connectivity index (χ0v) is 11.3. The Balaban J connectivity index is 1.88. The van der Waals surface area contributed by atoms with E-state index < -0.39 is 0 Å². The van der Waals surface area contributed by atoms with Gasteiger partial charge in [-0.15, -0.1) is 0 Å². The summed E-state index contributed by atoms with van der Waals surface area (Å²) in [6.07, 6.45) is 5.43. The number of benzene rings is 1. The topological polar surface area (TPSA) is 68.8 Å². The molecule has 0 bridgehead atoms. The second-order valence-electron chi connectivity index (χ2n) is 4.88. The summed E-state index contributed by atoms with van der Waals surface area (Å²) in [6, 6.07) is 10.1. The number of anilines is 2. The Morgan fingerprint density at radius 2 is 2.15 bits per heavy atom. The zero-order valence-electron chi connectivity index (χ0n) is 11.3. The number of rotatable bonds is 4. The number of hydrogen-bond acceptors (Lipinski definition) is 4. The summed E-state index contributed by atoms with van der Waals surface area (Å²) in [5, 5.41) is 8.72. The van der Waals surface area contributed by atoms with Crippen LogP contribution in [0.15, 0.2) is 48.9 Å². The van der Waals surface area contributed by atoms with E-state index in [0.717, 1.165) is 23.1 Å². The van der Waals surface area contributed by atoms with Gasteiger partial charge in [-0.05, 0) is 19.1 Å². The van der Waals surface area contributed by atoms with Gasteiger partial charge in [-0.3, -0.25) is 9.67 Å². The average Bonchev–Trinajstić information content (AvgIpc) is 2.95. The summed E-state index contributed by atoms with van der Waals surface area (Å²) in [5.41, 5.74) is 8.60. The molecule has 0 aliphatic carbocycles. The molecule has 1 aromatic carbocycles. The molecular weight excluding hydrogens is 250 g/mol. The molecule has 0 saturated carbocycles. The number of fused-ring (bicyclic) bond motifs is 1. The van der Waals surface area contributed by atoms with Crippen molar-refractivity contribution in [1.29, 1.82) is 0 Å². The fourth-order valence-corrected chi connectivity index (χ4v) is 2.30. The van der Waals surface area contributed by atoms with Gasteiger partial charge < -0.3 is 11.1 Å². The Bertz CT molecular complexity index is 705. The van der Waals surface area contributed by atoms with E-state index in [4.69, 9.17) is 5.73 Å². The predicted molar refractivity (Wildman–Crippen MR) is 81.5 cm³/mol. The molecule has 1 unspecified atom stereocenters. The van der Waals surface area contributed by atoms with Crippen molar-refractivity contribution < 1.29 is 0 Å². The van der Waals surface area contributed by atoms with Crippen molar-refractivity contribution in [1.82, 2.24) is 14.8 Å². The maximum Gasteiger partial charge on any atom is 0.0743 e. The van der Waals surface area contributed by atoms with Gasteiger partial charge in [0.2, 0.25) is 0 Å². The van der Waals surface area contributed by atoms with Crippen LogP contribution in [-0.4, -0.2) is 20.8 Å². The largest absolute Gasteiger partial charge is 0.396 e. The molecule has 5 nitrogen and oxygen atoms in total. The van der Waals surface area contributed by atoms with Gasteiger partial charge in [0.15, 0.2) is 0 Å². The van der Waals surface area contributed by atoms with Gasteiger partial charge in [-0.1, -0.05) is 18.2 Å². The Morgan fingerprint density at radius 3 is 2.95 bits per heavy atom. The number of nitrogens with two attached hydrogens (primary N) is 1. The maximum absolute atomic E-state index is 6.06. The average molecular weight is 267 g/mol. The SMILES string of the molecule is CC(Cn1cccn1)Nc1c(N)cnc2ccccc12. The van der Waals surface area contributed by atoms with Crippen LogP contribution < -0.4 is 11.1 Å². The van der Waals surface area contributed by atoms with Crippen LogP contribution >= 0.6 is 0 Å². The second kappa shape index (κ2) is 5.21. The number of nitrogens with one attached hydrogen (secondary N) is 1. The molecule has 0 amide bonds. The van der Waals surface area contributed by atoms with Crippen LogP contribution in [0.1, 0.15) is 6.92 Å². The summed E-state index contributed by atoms with van der Waals surface area (Å²) in [4.78, 5) is 4.34. The van der Waals surface area contributed by atoms with E-state index in [1.54, 1.807) is 12.4 Å². The molecule has 5 heteroatoms. The summed E-state index contributed by atoms with van der Waals surface area (Å²) in [6.45, 7) is 2.89. The van der Waals surface area contributed by atoms with E-state index in [2.05, 4.69) is 22.3 Å². The van der Waals surface area contributed by atoms with Crippen molar-refractivity contribution >= 4 is 22.3 Å². The molecule has 0 aliphatic heterocycles. The molecular formula is C15H17N5. The number of pyridine rings is 1. The van der Waals surface area contributed by atoms with E-state index in [1.165, 1.54) is 0 Å². The highest BCUT2D eigenvalue weighted by Crippen LogP contribution is 2.28. The van der Waals surface area contributed by atoms with Crippen LogP contribution in [0.25, 0.3) is 10.9 Å². The molecule has 20 heavy (non-hydrogen) atoms. The molecule has 1 atom stereocenters. The van der Waals surface area contributed by atoms with Crippen LogP contribution in [0.3, 0.4) is 0 Å². The van der Waals surface area contributed by atoms with E-state index >= 15 is 0 Å². The number of aromatic nitrogens is 3. The van der Waals surface area contributed by atoms with Crippen molar-refractivity contribution in [3.8, 4) is 0 Å². The molecule has 3 aromatic rings. The first-order valence-electron chi connectivity index (χ1n) is 6.61. The highest BCUT2D eigenvalue weighted by atomic mass is 15.3. The number of nitrogen functional groups attached to an aromatic ring is 1. The van der Waals surface area contributed by atoms with Crippen molar-refractivity contribution in [2.24, 2.45) is 0 Å². The number of para-hydroxylation sites is 1. The fourth-order valence-electron chi connectivity index (χ4n) is 2.30. The van der Waals surface area contributed by atoms with E-state index in [0.29, 0.717) is 5.69 Å². The van der Waals surface area contributed by atoms with Crippen LogP contribution in [0.5, 0.6) is 0 Å². The molecule has 0 spiro atoms. The van der Waals surface area contributed by atoms with Crippen molar-refractivity contribution in [2.45, 2.75) is 19.5 Å². The minimum atomic E-state index is 0.211. The van der Waals surface area contributed by atoms with Crippen molar-refractivity contribution in [3.05, 3.63) is 48.9 Å². The van der Waals surface area contributed by atoms with Crippen LogP contribution in [0.2, 0.25) is 0 Å². The Hall–Kier alpha value is -2.56. The highest BCUT2D eigenvalue weighted by molar-refractivity contribution is 5.96. The van der Waals surface area contributed by atoms with Crippen molar-refractivity contribution in [3.63, 3.8) is 0 Å². The molecule has 0 saturated heterocycles. The van der Waals surface area contributed by atoms with Crippen LogP contribution in [0, 0.1) is 0 Å². The molecule has 2 heterocycles. The quantitative estimate of drug-likeness (QED) is 0.762. The normalized spacial score (nSPS) is 12.4. The van der Waals surface area contributed by atoms with Gasteiger partial charge in [-0.2, -0.15) is 5.10 Å². The molecule has 0 fully saturated rings. The summed E-state index contributed by atoms with van der Waals surface area (Å²) in [5.74, 6) is 0. The predicted octanol–water partition coefficient (Wildman–Crippen LogP) is 2.51. The smallest absolute Gasteiger partial charge is 0.0743 e. The second-order valence-corrected chi connectivity index (χ2v) is 4.88. The minimum absolute atomic E-state index is 0.211. The van der Waals surface area contributed by atoms with E-state index in [1.807, 2.05) is 41.2 Å². The van der Waals surface area contributed by atoms with Gasteiger partial charge >= 0.3 is 0 Å². The van der Waals surface area contributed by atoms with Gasteiger partial charge in [0, 0.05) is 23.8 Å². The molecule has 2 aromatic heterocycles. The molecule has 102 valence electrons. The van der Waals surface area contributed by atoms with E-state index in [9.17, 15) is 0 Å². The Labute approximate surface area is 117 Å². The van der Waals surface area contributed by atoms with E-state index in [-0.39, 0.29) is 6.04 Å². The summed E-state index contributed by atoms with van der Waals surface area (Å²) >= 11 is 0. The van der Waals surface area contributed by atoms with Gasteiger partial charge in [0.05, 0.1) is 29.6 Å². The van der Waals surface area contributed by atoms with Crippen molar-refractivity contribution in [2.75, 3.05) is 11.1 Å². The monoisotopic (exact) mass is 267 g/mol. The lowest BCUT2D eigenvalue weighted by molar-refractivity contribution is 0.561. The third-order valence-corrected chi connectivity index (χ3v) is 3.22. The van der Waals surface area contributed by atoms with Gasteiger partial charge in [0.1, 0.15) is 0 Å². The van der Waals surface area contributed by atoms with Gasteiger partial charge in [-0.25, -0.2) is 0 Å². The third-order valence-electron chi connectivity index (χ3n) is 3.22. The van der Waals surface area contributed by atoms with Gasteiger partial charge in [0.25, 0.3) is 0 Å². The zero-order chi connectivity index (χ0) is 13.9. The number of nitrogens with zero attached hydrogens (tertiary/aromatic N) is 3. The molecule has 0 aliphatic rings.